The molecule has 2 atom stereocenters. The summed E-state index contributed by atoms with van der Waals surface area (Å²) in [4.78, 5) is 3.71. The smallest absolute Gasteiger partial charge is 0.247 e. The molecule has 34 heavy (non-hydrogen) atoms. The Balaban J connectivity index is 1.90. The van der Waals surface area contributed by atoms with Crippen molar-refractivity contribution < 1.29 is 4.57 Å². The lowest BCUT2D eigenvalue weighted by Gasteiger charge is -2.37. The molecule has 0 saturated carbocycles. The van der Waals surface area contributed by atoms with Crippen LogP contribution in [-0.2, 0) is 18.4 Å². The van der Waals surface area contributed by atoms with Crippen LogP contribution in [0.15, 0.2) is 73.1 Å². The third-order valence-corrected chi connectivity index (χ3v) is 7.59. The van der Waals surface area contributed by atoms with Gasteiger partial charge in [-0.25, -0.2) is 9.55 Å². The Bertz CT molecular complexity index is 914. The minimum absolute atomic E-state index is 0.0175. The van der Waals surface area contributed by atoms with Crippen LogP contribution in [0.3, 0.4) is 0 Å². The largest absolute Gasteiger partial charge is 0.258 e. The van der Waals surface area contributed by atoms with Crippen LogP contribution in [0, 0.1) is 0 Å². The quantitative estimate of drug-likeness (QED) is 0.164. The van der Waals surface area contributed by atoms with Gasteiger partial charge < -0.3 is 0 Å². The van der Waals surface area contributed by atoms with Crippen molar-refractivity contribution in [3.63, 3.8) is 0 Å². The van der Waals surface area contributed by atoms with Crippen LogP contribution in [0.25, 0.3) is 0 Å². The lowest BCUT2D eigenvalue weighted by molar-refractivity contribution is -0.705. The first-order valence-corrected chi connectivity index (χ1v) is 13.8. The Hall–Kier alpha value is -2.35. The van der Waals surface area contributed by atoms with E-state index in [1.807, 2.05) is 0 Å². The summed E-state index contributed by atoms with van der Waals surface area (Å²) in [7, 11) is 0. The Morgan fingerprint density at radius 1 is 0.765 bits per heavy atom. The SMILES string of the molecule is CCCCCCCCCC(c1[nH]cc[n+]1CCCC)C(C)(Cc1ccccc1)c1ccccc1. The van der Waals surface area contributed by atoms with E-state index >= 15 is 0 Å². The van der Waals surface area contributed by atoms with Gasteiger partial charge in [0.25, 0.3) is 5.82 Å². The Kier molecular flexibility index (Phi) is 10.9. The molecule has 0 radical (unpaired) electrons. The summed E-state index contributed by atoms with van der Waals surface area (Å²) in [5, 5.41) is 0. The average molecular weight is 460 g/mol. The molecule has 0 amide bonds. The van der Waals surface area contributed by atoms with Gasteiger partial charge in [0, 0.05) is 5.41 Å². The number of nitrogens with zero attached hydrogens (tertiary/aromatic N) is 1. The van der Waals surface area contributed by atoms with Crippen LogP contribution >= 0.6 is 0 Å². The first-order valence-electron chi connectivity index (χ1n) is 13.8. The van der Waals surface area contributed by atoms with Crippen LogP contribution in [0.4, 0.5) is 0 Å². The van der Waals surface area contributed by atoms with Crippen LogP contribution in [0.2, 0.25) is 0 Å². The van der Waals surface area contributed by atoms with E-state index < -0.39 is 0 Å². The van der Waals surface area contributed by atoms with Crippen molar-refractivity contribution in [1.29, 1.82) is 0 Å². The van der Waals surface area contributed by atoms with Gasteiger partial charge in [-0.3, -0.25) is 0 Å². The highest BCUT2D eigenvalue weighted by Gasteiger charge is 2.41. The van der Waals surface area contributed by atoms with Gasteiger partial charge in [-0.2, -0.15) is 0 Å². The molecule has 3 rings (SSSR count). The monoisotopic (exact) mass is 459 g/mol. The molecule has 1 heterocycles. The third-order valence-electron chi connectivity index (χ3n) is 7.59. The highest BCUT2D eigenvalue weighted by Crippen LogP contribution is 2.43. The molecule has 0 fully saturated rings. The summed E-state index contributed by atoms with van der Waals surface area (Å²) >= 11 is 0. The fourth-order valence-electron chi connectivity index (χ4n) is 5.53. The Morgan fingerprint density at radius 3 is 2.06 bits per heavy atom. The molecule has 0 aliphatic heterocycles. The molecule has 2 heteroatoms. The van der Waals surface area contributed by atoms with Gasteiger partial charge in [0.1, 0.15) is 12.4 Å². The summed E-state index contributed by atoms with van der Waals surface area (Å²) in [5.41, 5.74) is 2.89. The normalized spacial score (nSPS) is 14.1. The number of benzene rings is 2. The van der Waals surface area contributed by atoms with Gasteiger partial charge in [0.15, 0.2) is 0 Å². The molecule has 0 aliphatic rings. The van der Waals surface area contributed by atoms with Gasteiger partial charge in [0.2, 0.25) is 0 Å². The molecule has 2 nitrogen and oxygen atoms in total. The van der Waals surface area contributed by atoms with Crippen LogP contribution in [0.1, 0.15) is 108 Å². The maximum Gasteiger partial charge on any atom is 0.258 e. The molecule has 184 valence electrons. The van der Waals surface area contributed by atoms with Crippen LogP contribution < -0.4 is 4.57 Å². The molecular formula is C32H47N2+. The molecular weight excluding hydrogens is 412 g/mol. The minimum atomic E-state index is 0.0175. The highest BCUT2D eigenvalue weighted by atomic mass is 15.1. The number of rotatable bonds is 16. The van der Waals surface area contributed by atoms with Gasteiger partial charge in [-0.1, -0.05) is 133 Å². The van der Waals surface area contributed by atoms with E-state index in [0.717, 1.165) is 13.0 Å². The number of aryl methyl sites for hydroxylation is 1. The van der Waals surface area contributed by atoms with E-state index in [9.17, 15) is 0 Å². The molecule has 0 aliphatic carbocycles. The predicted octanol–water partition coefficient (Wildman–Crippen LogP) is 8.53. The highest BCUT2D eigenvalue weighted by molar-refractivity contribution is 5.32. The van der Waals surface area contributed by atoms with Crippen LogP contribution in [0.5, 0.6) is 0 Å². The van der Waals surface area contributed by atoms with E-state index in [-0.39, 0.29) is 5.41 Å². The van der Waals surface area contributed by atoms with Crippen molar-refractivity contribution in [3.05, 3.63) is 90.0 Å². The van der Waals surface area contributed by atoms with E-state index in [1.54, 1.807) is 0 Å². The van der Waals surface area contributed by atoms with Crippen molar-refractivity contribution in [3.8, 4) is 0 Å². The fourth-order valence-corrected chi connectivity index (χ4v) is 5.53. The number of aromatic amines is 1. The van der Waals surface area contributed by atoms with Gasteiger partial charge in [0.05, 0.1) is 12.5 Å². The number of hydrogen-bond donors (Lipinski definition) is 1. The fraction of sp³-hybridized carbons (Fsp3) is 0.531. The minimum Gasteiger partial charge on any atom is -0.247 e. The van der Waals surface area contributed by atoms with Crippen molar-refractivity contribution in [1.82, 2.24) is 4.98 Å². The van der Waals surface area contributed by atoms with Crippen LogP contribution in [-0.4, -0.2) is 4.98 Å². The molecule has 0 saturated heterocycles. The van der Waals surface area contributed by atoms with Gasteiger partial charge in [-0.15, -0.1) is 0 Å². The van der Waals surface area contributed by atoms with E-state index in [2.05, 4.69) is 103 Å². The van der Waals surface area contributed by atoms with Crippen molar-refractivity contribution in [2.24, 2.45) is 0 Å². The summed E-state index contributed by atoms with van der Waals surface area (Å²) in [5.74, 6) is 1.85. The number of H-pyrrole nitrogens is 1. The molecule has 1 aromatic heterocycles. The standard InChI is InChI=1S/C32H46N2/c1-4-6-8-9-10-11-18-23-30(31-33-24-26-34(31)25-7-5-2)32(3,29-21-16-13-17-22-29)27-28-19-14-12-15-20-28/h12-17,19-22,24,26,30H,4-11,18,23,25,27H2,1-3H3/p+1. The summed E-state index contributed by atoms with van der Waals surface area (Å²) in [6.07, 6.45) is 18.6. The van der Waals surface area contributed by atoms with E-state index in [0.29, 0.717) is 5.92 Å². The zero-order chi connectivity index (χ0) is 24.1. The van der Waals surface area contributed by atoms with Crippen molar-refractivity contribution in [2.75, 3.05) is 0 Å². The second-order valence-electron chi connectivity index (χ2n) is 10.3. The maximum atomic E-state index is 3.71. The summed E-state index contributed by atoms with van der Waals surface area (Å²) in [6.45, 7) is 8.18. The number of unbranched alkanes of at least 4 members (excludes halogenated alkanes) is 7. The van der Waals surface area contributed by atoms with E-state index in [4.69, 9.17) is 0 Å². The molecule has 3 aromatic rings. The first kappa shape index (κ1) is 26.3. The average Bonchev–Trinajstić information content (AvgIpc) is 3.33. The number of imidazole rings is 1. The van der Waals surface area contributed by atoms with Gasteiger partial charge in [-0.05, 0) is 30.4 Å². The summed E-state index contributed by atoms with van der Waals surface area (Å²) in [6, 6.07) is 22.4. The Morgan fingerprint density at radius 2 is 1.38 bits per heavy atom. The molecule has 2 aromatic carbocycles. The van der Waals surface area contributed by atoms with Crippen molar-refractivity contribution >= 4 is 0 Å². The van der Waals surface area contributed by atoms with Crippen molar-refractivity contribution in [2.45, 2.75) is 109 Å². The number of hydrogen-bond acceptors (Lipinski definition) is 0. The van der Waals surface area contributed by atoms with Gasteiger partial charge >= 0.3 is 0 Å². The maximum absolute atomic E-state index is 3.71. The zero-order valence-electron chi connectivity index (χ0n) is 21.9. The molecule has 1 N–H and O–H groups in total. The lowest BCUT2D eigenvalue weighted by atomic mass is 9.66. The molecule has 2 unspecified atom stereocenters. The van der Waals surface area contributed by atoms with E-state index in [1.165, 1.54) is 81.2 Å². The number of aromatic nitrogens is 2. The third kappa shape index (κ3) is 7.32. The second-order valence-corrected chi connectivity index (χ2v) is 10.3. The molecule has 0 bridgehead atoms. The zero-order valence-corrected chi connectivity index (χ0v) is 21.9. The topological polar surface area (TPSA) is 19.7 Å². The molecule has 0 spiro atoms. The number of nitrogens with one attached hydrogen (secondary N) is 1. The first-order chi connectivity index (χ1) is 16.7. The second kappa shape index (κ2) is 14.1. The summed E-state index contributed by atoms with van der Waals surface area (Å²) < 4.78 is 2.50. The Labute approximate surface area is 208 Å². The lowest BCUT2D eigenvalue weighted by Crippen LogP contribution is -2.43. The predicted molar refractivity (Wildman–Crippen MR) is 145 cm³/mol.